The van der Waals surface area contributed by atoms with Gasteiger partial charge in [-0.3, -0.25) is 4.79 Å². The van der Waals surface area contributed by atoms with Gasteiger partial charge in [-0.05, 0) is 19.8 Å². The fraction of sp³-hybridized carbons (Fsp3) is 0.778. The Kier molecular flexibility index (Phi) is 4.07. The molecular formula is C9H17NO4. The smallest absolute Gasteiger partial charge is 0.347 e. The average Bonchev–Trinajstić information content (AvgIpc) is 2.01. The quantitative estimate of drug-likeness (QED) is 0.644. The van der Waals surface area contributed by atoms with Crippen LogP contribution in [0.15, 0.2) is 0 Å². The fourth-order valence-corrected chi connectivity index (χ4v) is 0.635. The summed E-state index contributed by atoms with van der Waals surface area (Å²) in [6, 6.07) is -0.784. The van der Waals surface area contributed by atoms with Gasteiger partial charge >= 0.3 is 11.9 Å². The van der Waals surface area contributed by atoms with Gasteiger partial charge in [-0.2, -0.15) is 0 Å². The van der Waals surface area contributed by atoms with Crippen LogP contribution in [0.2, 0.25) is 0 Å². The van der Waals surface area contributed by atoms with Gasteiger partial charge in [0.15, 0.2) is 0 Å². The summed E-state index contributed by atoms with van der Waals surface area (Å²) in [6.07, 6.45) is 0. The SMILES string of the molecule is CC(C)[C@H](N)C(=O)OC(C)(C)C(=O)O. The lowest BCUT2D eigenvalue weighted by molar-refractivity contribution is -0.175. The summed E-state index contributed by atoms with van der Waals surface area (Å²) in [7, 11) is 0. The van der Waals surface area contributed by atoms with Gasteiger partial charge in [0, 0.05) is 0 Å². The van der Waals surface area contributed by atoms with Crippen LogP contribution >= 0.6 is 0 Å². The van der Waals surface area contributed by atoms with Crippen LogP contribution in [0.5, 0.6) is 0 Å². The predicted molar refractivity (Wildman–Crippen MR) is 50.6 cm³/mol. The van der Waals surface area contributed by atoms with E-state index in [0.29, 0.717) is 0 Å². The zero-order chi connectivity index (χ0) is 11.5. The number of hydrogen-bond donors (Lipinski definition) is 2. The lowest BCUT2D eigenvalue weighted by Gasteiger charge is -2.23. The maximum Gasteiger partial charge on any atom is 0.347 e. The van der Waals surface area contributed by atoms with Gasteiger partial charge in [-0.1, -0.05) is 13.8 Å². The molecule has 0 aliphatic carbocycles. The molecule has 3 N–H and O–H groups in total. The minimum atomic E-state index is -1.52. The average molecular weight is 203 g/mol. The second-order valence-electron chi connectivity index (χ2n) is 4.01. The molecule has 0 rings (SSSR count). The number of nitrogens with two attached hydrogens (primary N) is 1. The van der Waals surface area contributed by atoms with Crippen molar-refractivity contribution in [1.29, 1.82) is 0 Å². The molecule has 0 aliphatic heterocycles. The first kappa shape index (κ1) is 12.9. The van der Waals surface area contributed by atoms with Gasteiger partial charge in [0.05, 0.1) is 0 Å². The van der Waals surface area contributed by atoms with Crippen molar-refractivity contribution in [2.75, 3.05) is 0 Å². The second-order valence-corrected chi connectivity index (χ2v) is 4.01. The topological polar surface area (TPSA) is 89.6 Å². The number of carbonyl (C=O) groups is 2. The minimum Gasteiger partial charge on any atom is -0.478 e. The number of esters is 1. The molecule has 1 atom stereocenters. The number of hydrogen-bond acceptors (Lipinski definition) is 4. The van der Waals surface area contributed by atoms with Crippen LogP contribution in [0.1, 0.15) is 27.7 Å². The molecule has 0 aromatic carbocycles. The number of aliphatic carboxylic acids is 1. The van der Waals surface area contributed by atoms with Crippen LogP contribution < -0.4 is 5.73 Å². The third-order valence-corrected chi connectivity index (χ3v) is 1.86. The van der Waals surface area contributed by atoms with Crippen LogP contribution in [-0.4, -0.2) is 28.7 Å². The standard InChI is InChI=1S/C9H17NO4/c1-5(2)6(10)7(11)14-9(3,4)8(12)13/h5-6H,10H2,1-4H3,(H,12,13)/t6-/m0/s1. The molecular weight excluding hydrogens is 186 g/mol. The van der Waals surface area contributed by atoms with Crippen molar-refractivity contribution in [1.82, 2.24) is 0 Å². The highest BCUT2D eigenvalue weighted by molar-refractivity contribution is 5.83. The highest BCUT2D eigenvalue weighted by Gasteiger charge is 2.34. The summed E-state index contributed by atoms with van der Waals surface area (Å²) in [5, 5.41) is 8.69. The Morgan fingerprint density at radius 1 is 1.36 bits per heavy atom. The zero-order valence-electron chi connectivity index (χ0n) is 8.90. The van der Waals surface area contributed by atoms with E-state index < -0.39 is 23.6 Å². The Morgan fingerprint density at radius 2 is 1.79 bits per heavy atom. The molecule has 0 amide bonds. The Morgan fingerprint density at radius 3 is 2.07 bits per heavy atom. The summed E-state index contributed by atoms with van der Waals surface area (Å²) in [5.41, 5.74) is 3.98. The maximum atomic E-state index is 11.3. The molecule has 0 unspecified atom stereocenters. The van der Waals surface area contributed by atoms with E-state index in [1.54, 1.807) is 13.8 Å². The maximum absolute atomic E-state index is 11.3. The van der Waals surface area contributed by atoms with E-state index in [0.717, 1.165) is 0 Å². The van der Waals surface area contributed by atoms with Crippen molar-refractivity contribution in [3.05, 3.63) is 0 Å². The van der Waals surface area contributed by atoms with Gasteiger partial charge in [0.25, 0.3) is 0 Å². The van der Waals surface area contributed by atoms with Gasteiger partial charge < -0.3 is 15.6 Å². The first-order valence-electron chi connectivity index (χ1n) is 4.40. The molecule has 0 aromatic heterocycles. The summed E-state index contributed by atoms with van der Waals surface area (Å²) in [6.45, 7) is 6.14. The number of ether oxygens (including phenoxy) is 1. The number of carboxylic acid groups (broad SMARTS) is 1. The molecule has 0 bridgehead atoms. The van der Waals surface area contributed by atoms with E-state index in [9.17, 15) is 9.59 Å². The van der Waals surface area contributed by atoms with E-state index in [1.807, 2.05) is 0 Å². The summed E-state index contributed by atoms with van der Waals surface area (Å²) >= 11 is 0. The third kappa shape index (κ3) is 3.33. The molecule has 0 spiro atoms. The molecule has 14 heavy (non-hydrogen) atoms. The largest absolute Gasteiger partial charge is 0.478 e. The summed E-state index contributed by atoms with van der Waals surface area (Å²) in [5.74, 6) is -1.96. The highest BCUT2D eigenvalue weighted by Crippen LogP contribution is 2.12. The number of carboxylic acids is 1. The number of carbonyl (C=O) groups excluding carboxylic acids is 1. The zero-order valence-corrected chi connectivity index (χ0v) is 8.90. The highest BCUT2D eigenvalue weighted by atomic mass is 16.6. The fourth-order valence-electron chi connectivity index (χ4n) is 0.635. The summed E-state index contributed by atoms with van der Waals surface area (Å²) in [4.78, 5) is 21.9. The normalized spacial score (nSPS) is 13.9. The molecule has 5 heteroatoms. The lowest BCUT2D eigenvalue weighted by atomic mass is 10.1. The Balaban J connectivity index is 4.40. The van der Waals surface area contributed by atoms with Gasteiger partial charge in [-0.15, -0.1) is 0 Å². The van der Waals surface area contributed by atoms with Crippen molar-refractivity contribution in [2.45, 2.75) is 39.3 Å². The van der Waals surface area contributed by atoms with Gasteiger partial charge in [0.2, 0.25) is 5.60 Å². The predicted octanol–water partition coefficient (Wildman–Crippen LogP) is 0.376. The van der Waals surface area contributed by atoms with Gasteiger partial charge in [0.1, 0.15) is 6.04 Å². The van der Waals surface area contributed by atoms with Crippen molar-refractivity contribution >= 4 is 11.9 Å². The van der Waals surface area contributed by atoms with Crippen LogP contribution in [0.25, 0.3) is 0 Å². The molecule has 0 heterocycles. The minimum absolute atomic E-state index is 0.0768. The molecule has 0 fully saturated rings. The number of rotatable bonds is 4. The Bertz CT molecular complexity index is 235. The molecule has 0 aliphatic rings. The molecule has 82 valence electrons. The van der Waals surface area contributed by atoms with Crippen molar-refractivity contribution < 1.29 is 19.4 Å². The first-order chi connectivity index (χ1) is 6.18. The van der Waals surface area contributed by atoms with E-state index in [2.05, 4.69) is 0 Å². The van der Waals surface area contributed by atoms with Crippen LogP contribution in [-0.2, 0) is 14.3 Å². The Labute approximate surface area is 83.2 Å². The summed E-state index contributed by atoms with van der Waals surface area (Å²) < 4.78 is 4.76. The third-order valence-electron chi connectivity index (χ3n) is 1.86. The van der Waals surface area contributed by atoms with E-state index in [1.165, 1.54) is 13.8 Å². The van der Waals surface area contributed by atoms with Crippen molar-refractivity contribution in [3.8, 4) is 0 Å². The monoisotopic (exact) mass is 203 g/mol. The Hall–Kier alpha value is -1.10. The van der Waals surface area contributed by atoms with E-state index in [4.69, 9.17) is 15.6 Å². The van der Waals surface area contributed by atoms with E-state index >= 15 is 0 Å². The molecule has 5 nitrogen and oxygen atoms in total. The first-order valence-corrected chi connectivity index (χ1v) is 4.40. The molecule has 0 saturated heterocycles. The van der Waals surface area contributed by atoms with Crippen LogP contribution in [0, 0.1) is 5.92 Å². The lowest BCUT2D eigenvalue weighted by Crippen LogP contribution is -2.45. The second kappa shape index (κ2) is 4.41. The molecule has 0 aromatic rings. The molecule has 0 radical (unpaired) electrons. The van der Waals surface area contributed by atoms with Crippen LogP contribution in [0.3, 0.4) is 0 Å². The molecule has 0 saturated carbocycles. The van der Waals surface area contributed by atoms with E-state index in [-0.39, 0.29) is 5.92 Å². The van der Waals surface area contributed by atoms with Crippen molar-refractivity contribution in [2.24, 2.45) is 11.7 Å². The van der Waals surface area contributed by atoms with Crippen molar-refractivity contribution in [3.63, 3.8) is 0 Å². The van der Waals surface area contributed by atoms with Crippen LogP contribution in [0.4, 0.5) is 0 Å². The van der Waals surface area contributed by atoms with Gasteiger partial charge in [-0.25, -0.2) is 4.79 Å².